The van der Waals surface area contributed by atoms with E-state index >= 15 is 0 Å². The third-order valence-electron chi connectivity index (χ3n) is 5.28. The summed E-state index contributed by atoms with van der Waals surface area (Å²) in [6, 6.07) is 6.25. The zero-order valence-corrected chi connectivity index (χ0v) is 17.9. The van der Waals surface area contributed by atoms with Crippen molar-refractivity contribution < 1.29 is 26.0 Å². The van der Waals surface area contributed by atoms with Crippen LogP contribution < -0.4 is 0 Å². The number of rotatable bonds is 4. The first-order valence-corrected chi connectivity index (χ1v) is 12.5. The van der Waals surface area contributed by atoms with Crippen LogP contribution in [0, 0.1) is 0 Å². The molecule has 3 heterocycles. The van der Waals surface area contributed by atoms with Gasteiger partial charge in [-0.25, -0.2) is 16.8 Å². The number of carbonyl (C=O) groups excluding carboxylic acids is 1. The third-order valence-corrected chi connectivity index (χ3v) is 9.09. The maximum atomic E-state index is 12.9. The van der Waals surface area contributed by atoms with E-state index in [2.05, 4.69) is 0 Å². The van der Waals surface area contributed by atoms with Gasteiger partial charge >= 0.3 is 0 Å². The highest BCUT2D eigenvalue weighted by Crippen LogP contribution is 2.38. The quantitative estimate of drug-likeness (QED) is 0.696. The first-order chi connectivity index (χ1) is 13.6. The topological polar surface area (TPSA) is 105 Å². The van der Waals surface area contributed by atoms with Gasteiger partial charge in [-0.3, -0.25) is 4.79 Å². The summed E-state index contributed by atoms with van der Waals surface area (Å²) in [5.74, 6) is -1.05. The molecule has 8 nitrogen and oxygen atoms in total. The molecule has 2 aromatic rings. The summed E-state index contributed by atoms with van der Waals surface area (Å²) in [6.07, 6.45) is 1.57. The van der Waals surface area contributed by atoms with Gasteiger partial charge in [-0.1, -0.05) is 11.6 Å². The lowest BCUT2D eigenvalue weighted by molar-refractivity contribution is 0.0707. The third kappa shape index (κ3) is 3.48. The minimum atomic E-state index is -3.79. The van der Waals surface area contributed by atoms with Gasteiger partial charge in [0.1, 0.15) is 0 Å². The molecule has 156 valence electrons. The Labute approximate surface area is 174 Å². The van der Waals surface area contributed by atoms with Crippen molar-refractivity contribution in [2.45, 2.75) is 28.9 Å². The second-order valence-corrected chi connectivity index (χ2v) is 11.4. The van der Waals surface area contributed by atoms with Crippen LogP contribution in [0.2, 0.25) is 5.02 Å². The second-order valence-electron chi connectivity index (χ2n) is 7.13. The Balaban J connectivity index is 1.62. The highest BCUT2D eigenvalue weighted by atomic mass is 35.5. The summed E-state index contributed by atoms with van der Waals surface area (Å²) in [4.78, 5) is 14.3. The van der Waals surface area contributed by atoms with Gasteiger partial charge in [-0.15, -0.1) is 0 Å². The number of hydrogen-bond acceptors (Lipinski definition) is 6. The molecule has 0 N–H and O–H groups in total. The second kappa shape index (κ2) is 7.12. The SMILES string of the molecule is CN(C(=O)c1ccc(S(=O)(=O)N2CCCC2)o1)C1CS(=O)(=O)c2ccc(Cl)cc21. The summed E-state index contributed by atoms with van der Waals surface area (Å²) in [6.45, 7) is 0.841. The van der Waals surface area contributed by atoms with E-state index in [4.69, 9.17) is 16.0 Å². The molecule has 29 heavy (non-hydrogen) atoms. The van der Waals surface area contributed by atoms with Crippen molar-refractivity contribution in [3.05, 3.63) is 46.7 Å². The first kappa shape index (κ1) is 20.4. The average molecular weight is 459 g/mol. The number of hydrogen-bond donors (Lipinski definition) is 0. The molecule has 0 radical (unpaired) electrons. The molecule has 11 heteroatoms. The molecule has 2 aliphatic rings. The molecule has 1 atom stereocenters. The summed E-state index contributed by atoms with van der Waals surface area (Å²) >= 11 is 6.01. The first-order valence-electron chi connectivity index (χ1n) is 9.00. The Bertz CT molecular complexity index is 1180. The van der Waals surface area contributed by atoms with Gasteiger partial charge in [0.25, 0.3) is 15.9 Å². The fourth-order valence-corrected chi connectivity index (χ4v) is 7.15. The van der Waals surface area contributed by atoms with E-state index in [0.29, 0.717) is 23.7 Å². The van der Waals surface area contributed by atoms with E-state index < -0.39 is 31.8 Å². The molecule has 0 saturated carbocycles. The molecule has 0 spiro atoms. The summed E-state index contributed by atoms with van der Waals surface area (Å²) < 4.78 is 56.8. The number of benzene rings is 1. The molecule has 1 unspecified atom stereocenters. The van der Waals surface area contributed by atoms with Crippen LogP contribution in [0.3, 0.4) is 0 Å². The number of nitrogens with zero attached hydrogens (tertiary/aromatic N) is 2. The summed E-state index contributed by atoms with van der Waals surface area (Å²) in [5.41, 5.74) is 0.435. The average Bonchev–Trinajstić information content (AvgIpc) is 3.40. The Morgan fingerprint density at radius 3 is 2.59 bits per heavy atom. The molecule has 1 saturated heterocycles. The standard InChI is InChI=1S/C18H19ClN2O6S2/c1-20(14-11-28(23,24)16-6-4-12(19)10-13(14)16)18(22)15-5-7-17(27-15)29(25,26)21-8-2-3-9-21/h4-7,10,14H,2-3,8-9,11H2,1H3. The number of sulfonamides is 1. The summed E-state index contributed by atoms with van der Waals surface area (Å²) in [7, 11) is -5.88. The molecule has 1 fully saturated rings. The lowest BCUT2D eigenvalue weighted by Crippen LogP contribution is -2.32. The highest BCUT2D eigenvalue weighted by molar-refractivity contribution is 7.91. The number of furan rings is 1. The van der Waals surface area contributed by atoms with Crippen molar-refractivity contribution in [1.29, 1.82) is 0 Å². The molecule has 0 bridgehead atoms. The maximum absolute atomic E-state index is 12.9. The molecule has 1 aromatic carbocycles. The van der Waals surface area contributed by atoms with Gasteiger partial charge in [-0.05, 0) is 48.7 Å². The lowest BCUT2D eigenvalue weighted by Gasteiger charge is -2.23. The summed E-state index contributed by atoms with van der Waals surface area (Å²) in [5, 5.41) is 0.0716. The van der Waals surface area contributed by atoms with Crippen LogP contribution in [0.15, 0.2) is 44.7 Å². The molecular weight excluding hydrogens is 440 g/mol. The maximum Gasteiger partial charge on any atom is 0.289 e. The Morgan fingerprint density at radius 1 is 1.21 bits per heavy atom. The molecule has 1 amide bonds. The van der Waals surface area contributed by atoms with E-state index in [1.165, 1.54) is 46.6 Å². The molecule has 0 aliphatic carbocycles. The van der Waals surface area contributed by atoms with Gasteiger partial charge in [-0.2, -0.15) is 4.31 Å². The van der Waals surface area contributed by atoms with E-state index in [1.54, 1.807) is 0 Å². The van der Waals surface area contributed by atoms with Gasteiger partial charge in [0.15, 0.2) is 15.6 Å². The van der Waals surface area contributed by atoms with E-state index in [0.717, 1.165) is 12.8 Å². The Morgan fingerprint density at radius 2 is 1.90 bits per heavy atom. The normalized spacial score (nSPS) is 21.2. The zero-order valence-electron chi connectivity index (χ0n) is 15.5. The van der Waals surface area contributed by atoms with E-state index in [1.807, 2.05) is 0 Å². The van der Waals surface area contributed by atoms with Crippen molar-refractivity contribution in [3.8, 4) is 0 Å². The van der Waals surface area contributed by atoms with Gasteiger partial charge in [0.05, 0.1) is 16.7 Å². The van der Waals surface area contributed by atoms with Crippen LogP contribution in [0.4, 0.5) is 0 Å². The lowest BCUT2D eigenvalue weighted by atomic mass is 10.1. The highest BCUT2D eigenvalue weighted by Gasteiger charge is 2.40. The van der Waals surface area contributed by atoms with Crippen LogP contribution in [-0.4, -0.2) is 57.8 Å². The van der Waals surface area contributed by atoms with Gasteiger partial charge < -0.3 is 9.32 Å². The van der Waals surface area contributed by atoms with Crippen LogP contribution in [0.1, 0.15) is 35.0 Å². The van der Waals surface area contributed by atoms with Crippen molar-refractivity contribution in [2.75, 3.05) is 25.9 Å². The minimum Gasteiger partial charge on any atom is -0.438 e. The van der Waals surface area contributed by atoms with Crippen LogP contribution >= 0.6 is 11.6 Å². The van der Waals surface area contributed by atoms with Crippen molar-refractivity contribution in [1.82, 2.24) is 9.21 Å². The molecule has 4 rings (SSSR count). The van der Waals surface area contributed by atoms with Crippen LogP contribution in [0.25, 0.3) is 0 Å². The minimum absolute atomic E-state index is 0.142. The number of fused-ring (bicyclic) bond motifs is 1. The Hall–Kier alpha value is -1.88. The van der Waals surface area contributed by atoms with Crippen molar-refractivity contribution in [3.63, 3.8) is 0 Å². The monoisotopic (exact) mass is 458 g/mol. The molecular formula is C18H19ClN2O6S2. The fraction of sp³-hybridized carbons (Fsp3) is 0.389. The molecule has 1 aromatic heterocycles. The number of carbonyl (C=O) groups is 1. The van der Waals surface area contributed by atoms with E-state index in [9.17, 15) is 21.6 Å². The van der Waals surface area contributed by atoms with Gasteiger partial charge in [0.2, 0.25) is 5.09 Å². The number of halogens is 1. The predicted molar refractivity (Wildman–Crippen MR) is 105 cm³/mol. The zero-order chi connectivity index (χ0) is 21.0. The number of sulfone groups is 1. The van der Waals surface area contributed by atoms with Crippen molar-refractivity contribution >= 4 is 37.4 Å². The van der Waals surface area contributed by atoms with E-state index in [-0.39, 0.29) is 21.5 Å². The largest absolute Gasteiger partial charge is 0.438 e. The number of amides is 1. The predicted octanol–water partition coefficient (Wildman–Crippen LogP) is 2.32. The Kier molecular flexibility index (Phi) is 5.01. The fourth-order valence-electron chi connectivity index (χ4n) is 3.72. The van der Waals surface area contributed by atoms with Gasteiger partial charge in [0, 0.05) is 25.2 Å². The van der Waals surface area contributed by atoms with Crippen LogP contribution in [-0.2, 0) is 19.9 Å². The molecule has 2 aliphatic heterocycles. The van der Waals surface area contributed by atoms with Crippen LogP contribution in [0.5, 0.6) is 0 Å². The van der Waals surface area contributed by atoms with Crippen molar-refractivity contribution in [2.24, 2.45) is 0 Å². The smallest absolute Gasteiger partial charge is 0.289 e.